The molecule has 4 rings (SSSR count). The summed E-state index contributed by atoms with van der Waals surface area (Å²) in [5, 5.41) is 4.03. The van der Waals surface area contributed by atoms with Crippen molar-refractivity contribution in [3.8, 4) is 0 Å². The average molecular weight is 400 g/mol. The smallest absolute Gasteiger partial charge is 0.315 e. The van der Waals surface area contributed by atoms with Crippen molar-refractivity contribution in [1.82, 2.24) is 0 Å². The molecule has 0 spiro atoms. The molecule has 140 valence electrons. The van der Waals surface area contributed by atoms with Crippen LogP contribution < -0.4 is 0 Å². The summed E-state index contributed by atoms with van der Waals surface area (Å²) in [6.45, 7) is 4.00. The minimum Gasteiger partial charge on any atom is -0.465 e. The molecule has 0 saturated carbocycles. The van der Waals surface area contributed by atoms with E-state index in [1.165, 1.54) is 4.88 Å². The van der Waals surface area contributed by atoms with E-state index in [1.54, 1.807) is 29.6 Å². The van der Waals surface area contributed by atoms with Gasteiger partial charge >= 0.3 is 5.97 Å². The fraction of sp³-hybridized carbons (Fsp3) is 0.381. The summed E-state index contributed by atoms with van der Waals surface area (Å²) in [7, 11) is 0. The molecule has 3 heterocycles. The van der Waals surface area contributed by atoms with Gasteiger partial charge in [-0.3, -0.25) is 14.6 Å². The molecule has 27 heavy (non-hydrogen) atoms. The highest BCUT2D eigenvalue weighted by Crippen LogP contribution is 2.48. The normalized spacial score (nSPS) is 25.2. The summed E-state index contributed by atoms with van der Waals surface area (Å²) in [5.41, 5.74) is 2.31. The Labute approximate surface area is 166 Å². The summed E-state index contributed by atoms with van der Waals surface area (Å²) in [6, 6.07) is 8.08. The van der Waals surface area contributed by atoms with Gasteiger partial charge in [-0.15, -0.1) is 22.7 Å². The molecular formula is C21H21NO3S2. The summed E-state index contributed by atoms with van der Waals surface area (Å²) < 4.78 is 5.33. The van der Waals surface area contributed by atoms with E-state index in [9.17, 15) is 9.59 Å². The van der Waals surface area contributed by atoms with Crippen LogP contribution in [0.5, 0.6) is 0 Å². The van der Waals surface area contributed by atoms with E-state index in [4.69, 9.17) is 9.73 Å². The third-order valence-corrected chi connectivity index (χ3v) is 7.21. The van der Waals surface area contributed by atoms with Crippen LogP contribution in [-0.2, 0) is 14.3 Å². The van der Waals surface area contributed by atoms with E-state index in [-0.39, 0.29) is 23.6 Å². The molecule has 2 aliphatic rings. The summed E-state index contributed by atoms with van der Waals surface area (Å²) in [5.74, 6) is -0.815. The Morgan fingerprint density at radius 1 is 1.19 bits per heavy atom. The molecule has 0 saturated heterocycles. The lowest BCUT2D eigenvalue weighted by Gasteiger charge is -2.35. The molecule has 0 radical (unpaired) electrons. The first kappa shape index (κ1) is 18.3. The molecule has 4 nitrogen and oxygen atoms in total. The van der Waals surface area contributed by atoms with Gasteiger partial charge in [0, 0.05) is 45.0 Å². The van der Waals surface area contributed by atoms with Crippen LogP contribution in [0.2, 0.25) is 0 Å². The van der Waals surface area contributed by atoms with Crippen molar-refractivity contribution >= 4 is 40.1 Å². The van der Waals surface area contributed by atoms with Crippen LogP contribution in [0.1, 0.15) is 48.3 Å². The Hall–Kier alpha value is -2.05. The van der Waals surface area contributed by atoms with Gasteiger partial charge in [0.25, 0.3) is 0 Å². The monoisotopic (exact) mass is 399 g/mol. The van der Waals surface area contributed by atoms with Gasteiger partial charge in [-0.25, -0.2) is 0 Å². The van der Waals surface area contributed by atoms with Gasteiger partial charge < -0.3 is 4.74 Å². The van der Waals surface area contributed by atoms with Crippen molar-refractivity contribution in [2.45, 2.75) is 38.5 Å². The van der Waals surface area contributed by atoms with E-state index < -0.39 is 5.92 Å². The molecule has 1 aliphatic heterocycles. The molecular weight excluding hydrogens is 378 g/mol. The average Bonchev–Trinajstić information content (AvgIpc) is 3.34. The van der Waals surface area contributed by atoms with E-state index in [2.05, 4.69) is 6.07 Å². The Morgan fingerprint density at radius 2 is 1.89 bits per heavy atom. The van der Waals surface area contributed by atoms with Crippen LogP contribution in [-0.4, -0.2) is 24.1 Å². The van der Waals surface area contributed by atoms with Crippen LogP contribution in [0.3, 0.4) is 0 Å². The molecule has 2 aromatic heterocycles. The topological polar surface area (TPSA) is 55.7 Å². The first-order valence-corrected chi connectivity index (χ1v) is 10.9. The van der Waals surface area contributed by atoms with Crippen molar-refractivity contribution in [3.05, 3.63) is 56.1 Å². The first-order chi connectivity index (χ1) is 13.1. The molecule has 2 aromatic rings. The van der Waals surface area contributed by atoms with E-state index in [0.717, 1.165) is 22.7 Å². The fourth-order valence-corrected chi connectivity index (χ4v) is 5.80. The number of ether oxygens (including phenoxy) is 1. The number of carbonyl (C=O) groups is 2. The zero-order valence-electron chi connectivity index (χ0n) is 15.3. The van der Waals surface area contributed by atoms with Gasteiger partial charge in [0.2, 0.25) is 0 Å². The highest BCUT2D eigenvalue weighted by atomic mass is 32.1. The maximum absolute atomic E-state index is 13.2. The molecule has 1 aliphatic carbocycles. The lowest BCUT2D eigenvalue weighted by atomic mass is 9.72. The number of aliphatic imine (C=N–C) groups is 1. The summed E-state index contributed by atoms with van der Waals surface area (Å²) in [6.07, 6.45) is 1.22. The predicted octanol–water partition coefficient (Wildman–Crippen LogP) is 4.95. The SMILES string of the molecule is CCOC(=O)C1C(C)=NC2=C(C(=O)C[C@@H](c3cccs3)C2)[C@@H]1c1cccs1. The third kappa shape index (κ3) is 3.32. The highest BCUT2D eigenvalue weighted by Gasteiger charge is 2.45. The minimum absolute atomic E-state index is 0.110. The number of allylic oxidation sites excluding steroid dienone is 2. The van der Waals surface area contributed by atoms with Crippen molar-refractivity contribution in [2.75, 3.05) is 6.61 Å². The number of Topliss-reactive ketones (excluding diaryl/α,β-unsaturated/α-hetero) is 1. The van der Waals surface area contributed by atoms with E-state index in [0.29, 0.717) is 18.6 Å². The van der Waals surface area contributed by atoms with Gasteiger partial charge in [0.15, 0.2) is 5.78 Å². The molecule has 1 unspecified atom stereocenters. The van der Waals surface area contributed by atoms with Gasteiger partial charge in [0.05, 0.1) is 6.61 Å². The molecule has 0 amide bonds. The first-order valence-electron chi connectivity index (χ1n) is 9.15. The van der Waals surface area contributed by atoms with Crippen LogP contribution >= 0.6 is 22.7 Å². The number of carbonyl (C=O) groups excluding carboxylic acids is 2. The maximum atomic E-state index is 13.2. The van der Waals surface area contributed by atoms with Crippen molar-refractivity contribution in [3.63, 3.8) is 0 Å². The number of esters is 1. The quantitative estimate of drug-likeness (QED) is 0.684. The Kier molecular flexibility index (Phi) is 5.10. The Morgan fingerprint density at radius 3 is 2.52 bits per heavy atom. The third-order valence-electron chi connectivity index (χ3n) is 5.22. The lowest BCUT2D eigenvalue weighted by Crippen LogP contribution is -2.37. The van der Waals surface area contributed by atoms with E-state index >= 15 is 0 Å². The summed E-state index contributed by atoms with van der Waals surface area (Å²) in [4.78, 5) is 32.9. The predicted molar refractivity (Wildman–Crippen MR) is 109 cm³/mol. The molecule has 0 fully saturated rings. The number of rotatable bonds is 4. The number of nitrogens with zero attached hydrogens (tertiary/aromatic N) is 1. The molecule has 3 atom stereocenters. The standard InChI is InChI=1S/C21H21NO3S2/c1-3-25-21(24)18-12(2)22-14-10-13(16-6-4-8-26-16)11-15(23)19(14)20(18)17-7-5-9-27-17/h4-9,13,18,20H,3,10-11H2,1-2H3/t13-,18?,20+/m0/s1. The second-order valence-electron chi connectivity index (χ2n) is 6.88. The second-order valence-corrected chi connectivity index (χ2v) is 8.84. The minimum atomic E-state index is -0.524. The number of hydrogen-bond donors (Lipinski definition) is 0. The zero-order chi connectivity index (χ0) is 19.0. The van der Waals surface area contributed by atoms with Crippen molar-refractivity contribution in [2.24, 2.45) is 10.9 Å². The largest absolute Gasteiger partial charge is 0.465 e. The maximum Gasteiger partial charge on any atom is 0.315 e. The van der Waals surface area contributed by atoms with Gasteiger partial charge in [0.1, 0.15) is 5.92 Å². The van der Waals surface area contributed by atoms with Crippen LogP contribution in [0.15, 0.2) is 51.3 Å². The lowest BCUT2D eigenvalue weighted by molar-refractivity contribution is -0.146. The highest BCUT2D eigenvalue weighted by molar-refractivity contribution is 7.10. The summed E-state index contributed by atoms with van der Waals surface area (Å²) >= 11 is 3.27. The number of hydrogen-bond acceptors (Lipinski definition) is 6. The Balaban J connectivity index is 1.78. The Bertz CT molecular complexity index is 909. The fourth-order valence-electron chi connectivity index (χ4n) is 4.10. The second kappa shape index (κ2) is 7.52. The molecule has 0 N–H and O–H groups in total. The number of ketones is 1. The zero-order valence-corrected chi connectivity index (χ0v) is 16.9. The van der Waals surface area contributed by atoms with Crippen LogP contribution in [0.25, 0.3) is 0 Å². The molecule has 6 heteroatoms. The molecule has 0 aromatic carbocycles. The van der Waals surface area contributed by atoms with Gasteiger partial charge in [-0.05, 0) is 43.2 Å². The van der Waals surface area contributed by atoms with Crippen LogP contribution in [0, 0.1) is 5.92 Å². The van der Waals surface area contributed by atoms with E-state index in [1.807, 2.05) is 35.9 Å². The van der Waals surface area contributed by atoms with Crippen molar-refractivity contribution < 1.29 is 14.3 Å². The van der Waals surface area contributed by atoms with Gasteiger partial charge in [-0.2, -0.15) is 0 Å². The van der Waals surface area contributed by atoms with Crippen molar-refractivity contribution in [1.29, 1.82) is 0 Å². The molecule has 0 bridgehead atoms. The van der Waals surface area contributed by atoms with Crippen LogP contribution in [0.4, 0.5) is 0 Å². The number of thiophene rings is 2. The van der Waals surface area contributed by atoms with Gasteiger partial charge in [-0.1, -0.05) is 12.1 Å².